The molecule has 0 radical (unpaired) electrons. The van der Waals surface area contributed by atoms with Crippen molar-refractivity contribution in [2.45, 2.75) is 118 Å². The van der Waals surface area contributed by atoms with Crippen molar-refractivity contribution in [2.24, 2.45) is 0 Å². The second kappa shape index (κ2) is 16.7. The second-order valence-corrected chi connectivity index (χ2v) is 21.4. The van der Waals surface area contributed by atoms with E-state index in [1.165, 1.54) is 38.9 Å². The summed E-state index contributed by atoms with van der Waals surface area (Å²) < 4.78 is 2.27. The summed E-state index contributed by atoms with van der Waals surface area (Å²) in [4.78, 5) is 10.6. The van der Waals surface area contributed by atoms with Gasteiger partial charge in [-0.05, 0) is 132 Å². The van der Waals surface area contributed by atoms with Gasteiger partial charge in [0.25, 0.3) is 0 Å². The average Bonchev–Trinajstić information content (AvgIpc) is 3.65. The van der Waals surface area contributed by atoms with Crippen molar-refractivity contribution >= 4 is 11.0 Å². The molecular formula is C60H65N3O. The van der Waals surface area contributed by atoms with E-state index in [9.17, 15) is 5.11 Å². The maximum atomic E-state index is 12.3. The molecule has 6 aromatic carbocycles. The molecule has 1 N–H and O–H groups in total. The van der Waals surface area contributed by atoms with Crippen LogP contribution < -0.4 is 0 Å². The normalized spacial score (nSPS) is 12.5. The monoisotopic (exact) mass is 844 g/mol. The number of imidazole rings is 1. The number of pyridine rings is 1. The summed E-state index contributed by atoms with van der Waals surface area (Å²) in [7, 11) is 0. The van der Waals surface area contributed by atoms with E-state index in [2.05, 4.69) is 228 Å². The molecule has 4 nitrogen and oxygen atoms in total. The van der Waals surface area contributed by atoms with Crippen molar-refractivity contribution in [3.8, 4) is 67.5 Å². The first-order chi connectivity index (χ1) is 30.2. The molecule has 0 spiro atoms. The van der Waals surface area contributed by atoms with Crippen molar-refractivity contribution in [1.29, 1.82) is 0 Å². The Balaban J connectivity index is 1.38. The van der Waals surface area contributed by atoms with E-state index in [4.69, 9.17) is 9.97 Å². The van der Waals surface area contributed by atoms with Gasteiger partial charge in [0.2, 0.25) is 0 Å². The van der Waals surface area contributed by atoms with Gasteiger partial charge in [-0.3, -0.25) is 9.55 Å². The highest BCUT2D eigenvalue weighted by molar-refractivity contribution is 5.97. The summed E-state index contributed by atoms with van der Waals surface area (Å²) in [6, 6.07) is 48.5. The molecule has 0 bridgehead atoms. The molecule has 8 aromatic rings. The first-order valence-electron chi connectivity index (χ1n) is 23.0. The zero-order valence-corrected chi connectivity index (χ0v) is 40.2. The molecule has 0 aliphatic heterocycles. The van der Waals surface area contributed by atoms with Crippen LogP contribution in [0.15, 0.2) is 140 Å². The molecule has 0 unspecified atom stereocenters. The van der Waals surface area contributed by atoms with Crippen molar-refractivity contribution in [1.82, 2.24) is 14.5 Å². The molecule has 0 amide bonds. The summed E-state index contributed by atoms with van der Waals surface area (Å²) in [6.07, 6.45) is 1.93. The lowest BCUT2D eigenvalue weighted by atomic mass is 9.81. The van der Waals surface area contributed by atoms with E-state index in [1.807, 2.05) is 6.20 Å². The maximum Gasteiger partial charge on any atom is 0.149 e. The molecule has 4 heteroatoms. The number of phenolic OH excluding ortho intramolecular Hbond substituents is 1. The van der Waals surface area contributed by atoms with E-state index in [0.29, 0.717) is 0 Å². The minimum Gasteiger partial charge on any atom is -0.507 e. The topological polar surface area (TPSA) is 50.9 Å². The van der Waals surface area contributed by atoms with Crippen molar-refractivity contribution in [3.05, 3.63) is 167 Å². The Hall–Kier alpha value is -6.26. The Morgan fingerprint density at radius 2 is 1.19 bits per heavy atom. The first kappa shape index (κ1) is 44.4. The number of hydrogen-bond donors (Lipinski definition) is 1. The molecular weight excluding hydrogens is 779 g/mol. The Kier molecular flexibility index (Phi) is 11.6. The van der Waals surface area contributed by atoms with Crippen LogP contribution in [0.4, 0.5) is 0 Å². The number of hydrogen-bond acceptors (Lipinski definition) is 3. The van der Waals surface area contributed by atoms with Crippen LogP contribution in [0.5, 0.6) is 5.75 Å². The molecule has 0 fully saturated rings. The Bertz CT molecular complexity index is 2980. The highest BCUT2D eigenvalue weighted by atomic mass is 16.3. The van der Waals surface area contributed by atoms with Crippen LogP contribution in [-0.4, -0.2) is 19.6 Å². The Morgan fingerprint density at radius 3 is 1.83 bits per heavy atom. The highest BCUT2D eigenvalue weighted by Crippen LogP contribution is 2.44. The van der Waals surface area contributed by atoms with Gasteiger partial charge in [-0.15, -0.1) is 0 Å². The molecule has 64 heavy (non-hydrogen) atoms. The average molecular weight is 844 g/mol. The summed E-state index contributed by atoms with van der Waals surface area (Å²) >= 11 is 0. The van der Waals surface area contributed by atoms with Crippen LogP contribution in [0.2, 0.25) is 0 Å². The SMILES string of the molecule is CC(C)c1cc(-c2nc3c(-c4cc(-c5cc(-c6ccc(C(C)(C)C)cc6)ccn5)cc(C(C)(C)C)c4)cccc3n2-c2ccc(-c3ccccc3)c(C(C)(C)C)c2)c(O)c(C(C)C)c1. The van der Waals surface area contributed by atoms with Crippen LogP contribution in [0, 0.1) is 0 Å². The minimum atomic E-state index is -0.154. The highest BCUT2D eigenvalue weighted by Gasteiger charge is 2.27. The lowest BCUT2D eigenvalue weighted by Gasteiger charge is -2.25. The van der Waals surface area contributed by atoms with Gasteiger partial charge in [-0.2, -0.15) is 0 Å². The third kappa shape index (κ3) is 8.68. The van der Waals surface area contributed by atoms with Gasteiger partial charge in [0.1, 0.15) is 11.6 Å². The Morgan fingerprint density at radius 1 is 0.500 bits per heavy atom. The van der Waals surface area contributed by atoms with Crippen LogP contribution in [0.25, 0.3) is 72.7 Å². The van der Waals surface area contributed by atoms with Gasteiger partial charge in [0.05, 0.1) is 22.3 Å². The van der Waals surface area contributed by atoms with Crippen molar-refractivity contribution in [2.75, 3.05) is 0 Å². The fourth-order valence-corrected chi connectivity index (χ4v) is 8.85. The predicted molar refractivity (Wildman–Crippen MR) is 272 cm³/mol. The second-order valence-electron chi connectivity index (χ2n) is 21.4. The summed E-state index contributed by atoms with van der Waals surface area (Å²) in [5, 5.41) is 12.3. The van der Waals surface area contributed by atoms with Crippen molar-refractivity contribution in [3.63, 3.8) is 0 Å². The number of rotatable bonds is 8. The van der Waals surface area contributed by atoms with Gasteiger partial charge in [0, 0.05) is 23.0 Å². The number of nitrogens with zero attached hydrogens (tertiary/aromatic N) is 3. The summed E-state index contributed by atoms with van der Waals surface area (Å²) in [5.74, 6) is 1.38. The quantitative estimate of drug-likeness (QED) is 0.166. The van der Waals surface area contributed by atoms with E-state index in [-0.39, 0.29) is 33.8 Å². The molecule has 2 aromatic heterocycles. The number of benzene rings is 6. The molecule has 2 heterocycles. The molecule has 0 saturated carbocycles. The van der Waals surface area contributed by atoms with Gasteiger partial charge in [-0.1, -0.05) is 175 Å². The zero-order chi connectivity index (χ0) is 45.9. The zero-order valence-electron chi connectivity index (χ0n) is 40.2. The molecule has 326 valence electrons. The smallest absolute Gasteiger partial charge is 0.149 e. The van der Waals surface area contributed by atoms with Gasteiger partial charge in [-0.25, -0.2) is 4.98 Å². The number of phenols is 1. The summed E-state index contributed by atoms with van der Waals surface area (Å²) in [6.45, 7) is 29.1. The fraction of sp³-hybridized carbons (Fsp3) is 0.300. The van der Waals surface area contributed by atoms with Gasteiger partial charge >= 0.3 is 0 Å². The van der Waals surface area contributed by atoms with E-state index < -0.39 is 0 Å². The van der Waals surface area contributed by atoms with E-state index in [1.54, 1.807) is 0 Å². The summed E-state index contributed by atoms with van der Waals surface area (Å²) in [5.41, 5.74) is 18.0. The number of aromatic hydroxyl groups is 1. The molecule has 0 aliphatic rings. The number of aromatic nitrogens is 3. The lowest BCUT2D eigenvalue weighted by Crippen LogP contribution is -2.14. The lowest BCUT2D eigenvalue weighted by molar-refractivity contribution is 0.466. The Labute approximate surface area is 382 Å². The third-order valence-corrected chi connectivity index (χ3v) is 12.8. The van der Waals surface area contributed by atoms with Crippen LogP contribution in [0.3, 0.4) is 0 Å². The molecule has 8 rings (SSSR count). The third-order valence-electron chi connectivity index (χ3n) is 12.8. The predicted octanol–water partition coefficient (Wildman–Crippen LogP) is 16.6. The number of para-hydroxylation sites is 1. The van der Waals surface area contributed by atoms with Crippen molar-refractivity contribution < 1.29 is 5.11 Å². The van der Waals surface area contributed by atoms with E-state index in [0.717, 1.165) is 61.6 Å². The van der Waals surface area contributed by atoms with Gasteiger partial charge in [0.15, 0.2) is 0 Å². The standard InChI is InChI=1S/C60H65N3O/c1-37(2)42-33-50(38(3)4)56(64)51(34-42)57-62-55-49(20-17-21-54(55)63(57)47-26-27-48(40-18-15-14-16-19-40)52(36-47)60(11,12)13)43-30-44(32-46(31-43)59(8,9)10)53-35-41(28-29-61-53)39-22-24-45(25-23-39)58(5,6)7/h14-38,64H,1-13H3. The molecule has 0 saturated heterocycles. The van der Waals surface area contributed by atoms with Crippen LogP contribution in [-0.2, 0) is 16.2 Å². The maximum absolute atomic E-state index is 12.3. The molecule has 0 aliphatic carbocycles. The fourth-order valence-electron chi connectivity index (χ4n) is 8.85. The van der Waals surface area contributed by atoms with Crippen LogP contribution >= 0.6 is 0 Å². The van der Waals surface area contributed by atoms with Crippen LogP contribution in [0.1, 0.15) is 130 Å². The minimum absolute atomic E-state index is 0.0864. The largest absolute Gasteiger partial charge is 0.507 e. The number of fused-ring (bicyclic) bond motifs is 1. The first-order valence-corrected chi connectivity index (χ1v) is 23.0. The van der Waals surface area contributed by atoms with Gasteiger partial charge < -0.3 is 5.11 Å². The molecule has 0 atom stereocenters. The van der Waals surface area contributed by atoms with E-state index >= 15 is 0 Å².